The largest absolute Gasteiger partial charge is 0.369 e. The van der Waals surface area contributed by atoms with Crippen LogP contribution in [-0.4, -0.2) is 63.7 Å². The third-order valence-electron chi connectivity index (χ3n) is 6.46. The fourth-order valence-electron chi connectivity index (χ4n) is 4.25. The van der Waals surface area contributed by atoms with Gasteiger partial charge in [-0.3, -0.25) is 9.67 Å². The maximum absolute atomic E-state index is 10.8. The number of hydrogen-bond donors (Lipinski definition) is 0. The summed E-state index contributed by atoms with van der Waals surface area (Å²) in [6, 6.07) is 7.20. The summed E-state index contributed by atoms with van der Waals surface area (Å²) in [4.78, 5) is 25.1. The van der Waals surface area contributed by atoms with E-state index in [0.717, 1.165) is 61.1 Å². The first-order chi connectivity index (χ1) is 14.1. The Balaban J connectivity index is 1.40. The quantitative estimate of drug-likeness (QED) is 0.638. The Labute approximate surface area is 170 Å². The van der Waals surface area contributed by atoms with Crippen molar-refractivity contribution in [3.05, 3.63) is 36.8 Å². The second-order valence-electron chi connectivity index (χ2n) is 8.43. The van der Waals surface area contributed by atoms with Gasteiger partial charge in [0.25, 0.3) is 0 Å². The lowest BCUT2D eigenvalue weighted by Gasteiger charge is -2.39. The maximum atomic E-state index is 10.8. The van der Waals surface area contributed by atoms with E-state index in [4.69, 9.17) is 4.98 Å². The molecular weight excluding hydrogens is 364 g/mol. The van der Waals surface area contributed by atoms with E-state index in [0.29, 0.717) is 12.1 Å². The first kappa shape index (κ1) is 18.2. The minimum Gasteiger partial charge on any atom is -0.369 e. The van der Waals surface area contributed by atoms with Crippen LogP contribution in [0.1, 0.15) is 25.8 Å². The zero-order valence-electron chi connectivity index (χ0n) is 16.9. The average Bonchev–Trinajstić information content (AvgIpc) is 3.18. The van der Waals surface area contributed by atoms with Crippen molar-refractivity contribution in [1.29, 1.82) is 0 Å². The molecule has 1 aliphatic carbocycles. The van der Waals surface area contributed by atoms with E-state index < -0.39 is 0 Å². The molecule has 0 radical (unpaired) electrons. The molecule has 29 heavy (non-hydrogen) atoms. The van der Waals surface area contributed by atoms with Crippen molar-refractivity contribution in [3.8, 4) is 11.3 Å². The third-order valence-corrected chi connectivity index (χ3v) is 6.46. The molecule has 1 saturated carbocycles. The first-order valence-corrected chi connectivity index (χ1v) is 10.3. The van der Waals surface area contributed by atoms with E-state index in [9.17, 15) is 4.79 Å². The topological polar surface area (TPSA) is 67.2 Å². The van der Waals surface area contributed by atoms with Crippen molar-refractivity contribution in [1.82, 2.24) is 24.6 Å². The van der Waals surface area contributed by atoms with Crippen molar-refractivity contribution in [3.63, 3.8) is 0 Å². The van der Waals surface area contributed by atoms with E-state index >= 15 is 0 Å². The van der Waals surface area contributed by atoms with Gasteiger partial charge in [0.2, 0.25) is 0 Å². The van der Waals surface area contributed by atoms with Crippen LogP contribution in [0.25, 0.3) is 22.3 Å². The van der Waals surface area contributed by atoms with Gasteiger partial charge in [0.1, 0.15) is 6.29 Å². The lowest BCUT2D eigenvalue weighted by molar-refractivity contribution is -0.114. The fourth-order valence-corrected chi connectivity index (χ4v) is 4.25. The zero-order valence-corrected chi connectivity index (χ0v) is 16.9. The number of aldehydes is 1. The van der Waals surface area contributed by atoms with Gasteiger partial charge in [0, 0.05) is 49.0 Å². The highest BCUT2D eigenvalue weighted by Gasteiger charge is 2.30. The lowest BCUT2D eigenvalue weighted by atomic mass is 9.81. The molecule has 7 nitrogen and oxygen atoms in total. The highest BCUT2D eigenvalue weighted by molar-refractivity contribution is 5.81. The Morgan fingerprint density at radius 2 is 2.00 bits per heavy atom. The van der Waals surface area contributed by atoms with Crippen molar-refractivity contribution in [2.75, 3.05) is 31.6 Å². The molecule has 0 N–H and O–H groups in total. The van der Waals surface area contributed by atoms with E-state index in [2.05, 4.69) is 52.1 Å². The van der Waals surface area contributed by atoms with E-state index in [1.165, 1.54) is 5.69 Å². The van der Waals surface area contributed by atoms with Gasteiger partial charge in [-0.25, -0.2) is 4.98 Å². The van der Waals surface area contributed by atoms with Crippen LogP contribution in [0.15, 0.2) is 36.8 Å². The Kier molecular flexibility index (Phi) is 4.54. The number of piperazine rings is 1. The van der Waals surface area contributed by atoms with E-state index in [-0.39, 0.29) is 5.92 Å². The SMILES string of the molecule is C[C@H]1CN(c2ccc3ncc(-c4cnn(C5CC(C=O)C5)c4)nc3c2)CCN1C. The number of hydrogen-bond acceptors (Lipinski definition) is 6. The molecule has 150 valence electrons. The lowest BCUT2D eigenvalue weighted by Crippen LogP contribution is -2.50. The molecule has 0 amide bonds. The Hall–Kier alpha value is -2.80. The van der Waals surface area contributed by atoms with Crippen LogP contribution in [0.4, 0.5) is 5.69 Å². The number of rotatable bonds is 4. The number of anilines is 1. The molecule has 3 aromatic rings. The van der Waals surface area contributed by atoms with Gasteiger partial charge in [-0.1, -0.05) is 0 Å². The molecule has 1 aliphatic heterocycles. The van der Waals surface area contributed by atoms with Gasteiger partial charge in [0.15, 0.2) is 0 Å². The number of aromatic nitrogens is 4. The minimum atomic E-state index is 0.184. The maximum Gasteiger partial charge on any atom is 0.123 e. The molecule has 0 spiro atoms. The Morgan fingerprint density at radius 3 is 2.79 bits per heavy atom. The van der Waals surface area contributed by atoms with Gasteiger partial charge in [-0.15, -0.1) is 0 Å². The predicted octanol–water partition coefficient (Wildman–Crippen LogP) is 2.78. The van der Waals surface area contributed by atoms with Gasteiger partial charge < -0.3 is 14.6 Å². The summed E-state index contributed by atoms with van der Waals surface area (Å²) in [5, 5.41) is 4.49. The molecule has 7 heteroatoms. The first-order valence-electron chi connectivity index (χ1n) is 10.3. The molecule has 1 atom stereocenters. The Bertz CT molecular complexity index is 1040. The summed E-state index contributed by atoms with van der Waals surface area (Å²) in [6.45, 7) is 5.37. The molecule has 5 rings (SSSR count). The summed E-state index contributed by atoms with van der Waals surface area (Å²) in [5.74, 6) is 0.184. The van der Waals surface area contributed by atoms with Gasteiger partial charge in [0.05, 0.1) is 35.2 Å². The van der Waals surface area contributed by atoms with Gasteiger partial charge in [-0.05, 0) is 45.0 Å². The van der Waals surface area contributed by atoms with Gasteiger partial charge in [-0.2, -0.15) is 5.10 Å². The van der Waals surface area contributed by atoms with Crippen molar-refractivity contribution < 1.29 is 4.79 Å². The van der Waals surface area contributed by atoms with Crippen molar-refractivity contribution in [2.45, 2.75) is 31.8 Å². The number of benzene rings is 1. The zero-order chi connectivity index (χ0) is 20.0. The Morgan fingerprint density at radius 1 is 1.14 bits per heavy atom. The smallest absolute Gasteiger partial charge is 0.123 e. The average molecular weight is 390 g/mol. The second kappa shape index (κ2) is 7.22. The van der Waals surface area contributed by atoms with Crippen LogP contribution in [0.3, 0.4) is 0 Å². The van der Waals surface area contributed by atoms with E-state index in [1.54, 1.807) is 0 Å². The molecule has 1 saturated heterocycles. The summed E-state index contributed by atoms with van der Waals surface area (Å²) in [6.07, 6.45) is 8.48. The monoisotopic (exact) mass is 390 g/mol. The molecule has 2 aromatic heterocycles. The number of carbonyl (C=O) groups excluding carboxylic acids is 1. The summed E-state index contributed by atoms with van der Waals surface area (Å²) in [5.41, 5.74) is 4.81. The van der Waals surface area contributed by atoms with Crippen LogP contribution < -0.4 is 4.90 Å². The predicted molar refractivity (Wildman–Crippen MR) is 113 cm³/mol. The number of nitrogens with zero attached hydrogens (tertiary/aromatic N) is 6. The molecule has 0 bridgehead atoms. The van der Waals surface area contributed by atoms with Crippen molar-refractivity contribution >= 4 is 23.0 Å². The normalized spacial score (nSPS) is 25.2. The van der Waals surface area contributed by atoms with Crippen LogP contribution >= 0.6 is 0 Å². The van der Waals surface area contributed by atoms with Crippen molar-refractivity contribution in [2.24, 2.45) is 5.92 Å². The molecule has 0 unspecified atom stereocenters. The molecule has 1 aromatic carbocycles. The van der Waals surface area contributed by atoms with Crippen LogP contribution in [0.2, 0.25) is 0 Å². The number of likely N-dealkylation sites (N-methyl/N-ethyl adjacent to an activating group) is 1. The summed E-state index contributed by atoms with van der Waals surface area (Å²) >= 11 is 0. The number of carbonyl (C=O) groups is 1. The molecule has 3 heterocycles. The highest BCUT2D eigenvalue weighted by Crippen LogP contribution is 2.36. The highest BCUT2D eigenvalue weighted by atomic mass is 16.1. The molecular formula is C22H26N6O. The van der Waals surface area contributed by atoms with Crippen LogP contribution in [0.5, 0.6) is 0 Å². The second-order valence-corrected chi connectivity index (χ2v) is 8.43. The minimum absolute atomic E-state index is 0.184. The fraction of sp³-hybridized carbons (Fsp3) is 0.455. The molecule has 2 fully saturated rings. The van der Waals surface area contributed by atoms with Gasteiger partial charge >= 0.3 is 0 Å². The summed E-state index contributed by atoms with van der Waals surface area (Å²) in [7, 11) is 2.18. The van der Waals surface area contributed by atoms with Crippen LogP contribution in [0, 0.1) is 5.92 Å². The third kappa shape index (κ3) is 3.40. The van der Waals surface area contributed by atoms with E-state index in [1.807, 2.05) is 23.3 Å². The number of fused-ring (bicyclic) bond motifs is 1. The van der Waals surface area contributed by atoms with Crippen LogP contribution in [-0.2, 0) is 4.79 Å². The summed E-state index contributed by atoms with van der Waals surface area (Å²) < 4.78 is 1.96. The standard InChI is InChI=1S/C22H26N6O/c1-15-12-27(6-5-26(15)2)18-3-4-20-21(9-18)25-22(11-23-20)17-10-24-28(13-17)19-7-16(8-19)14-29/h3-4,9-11,13-16,19H,5-8,12H2,1-2H3/t15-,16?,19?/m0/s1. The molecule has 2 aliphatic rings.